The SMILES string of the molecule is COc1cncc(-c2nc(C)nc3sc(C(N)=O)c(N)c23)c1.O=[SH2]. The van der Waals surface area contributed by atoms with Crippen LogP contribution >= 0.6 is 11.3 Å². The van der Waals surface area contributed by atoms with E-state index in [0.717, 1.165) is 16.9 Å². The molecule has 3 heterocycles. The van der Waals surface area contributed by atoms with E-state index in [9.17, 15) is 4.79 Å². The molecule has 0 radical (unpaired) electrons. The Morgan fingerprint density at radius 3 is 2.62 bits per heavy atom. The van der Waals surface area contributed by atoms with Gasteiger partial charge in [-0.1, -0.05) is 0 Å². The lowest BCUT2D eigenvalue weighted by Gasteiger charge is -2.06. The smallest absolute Gasteiger partial charge is 0.260 e. The molecule has 0 unspecified atom stereocenters. The van der Waals surface area contributed by atoms with Crippen LogP contribution < -0.4 is 16.2 Å². The third-order valence-corrected chi connectivity index (χ3v) is 4.26. The molecule has 0 bridgehead atoms. The molecule has 0 spiro atoms. The van der Waals surface area contributed by atoms with Crippen LogP contribution in [0.25, 0.3) is 21.5 Å². The molecule has 8 nitrogen and oxygen atoms in total. The number of anilines is 1. The Balaban J connectivity index is 0.00000100. The second kappa shape index (κ2) is 7.32. The lowest BCUT2D eigenvalue weighted by molar-refractivity contribution is 0.100. The van der Waals surface area contributed by atoms with Crippen LogP contribution in [0, 0.1) is 6.92 Å². The van der Waals surface area contributed by atoms with Gasteiger partial charge in [0.1, 0.15) is 21.3 Å². The number of pyridine rings is 1. The summed E-state index contributed by atoms with van der Waals surface area (Å²) in [5, 5.41) is 0.611. The quantitative estimate of drug-likeness (QED) is 0.703. The van der Waals surface area contributed by atoms with E-state index < -0.39 is 5.91 Å². The van der Waals surface area contributed by atoms with Gasteiger partial charge in [0.15, 0.2) is 0 Å². The van der Waals surface area contributed by atoms with Gasteiger partial charge in [0.05, 0.1) is 30.1 Å². The molecule has 0 aliphatic carbocycles. The van der Waals surface area contributed by atoms with E-state index in [1.807, 2.05) is 0 Å². The molecule has 3 aromatic heterocycles. The highest BCUT2D eigenvalue weighted by Crippen LogP contribution is 2.38. The summed E-state index contributed by atoms with van der Waals surface area (Å²) < 4.78 is 13.2. The molecular formula is C14H15N5O3S2. The highest BCUT2D eigenvalue weighted by Gasteiger charge is 2.20. The summed E-state index contributed by atoms with van der Waals surface area (Å²) in [5.41, 5.74) is 13.1. The Morgan fingerprint density at radius 2 is 2.00 bits per heavy atom. The van der Waals surface area contributed by atoms with Crippen molar-refractivity contribution in [2.45, 2.75) is 6.92 Å². The number of ether oxygens (including phenoxy) is 1. The van der Waals surface area contributed by atoms with Gasteiger partial charge in [-0.05, 0) is 25.5 Å². The van der Waals surface area contributed by atoms with Crippen LogP contribution in [0.5, 0.6) is 5.75 Å². The number of nitrogens with zero attached hydrogens (tertiary/aromatic N) is 3. The number of rotatable bonds is 3. The zero-order valence-corrected chi connectivity index (χ0v) is 14.7. The van der Waals surface area contributed by atoms with Gasteiger partial charge >= 0.3 is 0 Å². The maximum absolute atomic E-state index is 11.5. The maximum atomic E-state index is 11.5. The van der Waals surface area contributed by atoms with Gasteiger partial charge in [-0.25, -0.2) is 9.97 Å². The van der Waals surface area contributed by atoms with Crippen molar-refractivity contribution >= 4 is 45.7 Å². The van der Waals surface area contributed by atoms with Crippen molar-refractivity contribution in [1.82, 2.24) is 15.0 Å². The molecule has 4 N–H and O–H groups in total. The summed E-state index contributed by atoms with van der Waals surface area (Å²) in [5.74, 6) is 0.598. The fraction of sp³-hybridized carbons (Fsp3) is 0.143. The normalized spacial score (nSPS) is 10.1. The first kappa shape index (κ1) is 17.8. The van der Waals surface area contributed by atoms with Gasteiger partial charge in [0, 0.05) is 11.8 Å². The van der Waals surface area contributed by atoms with Gasteiger partial charge in [-0.15, -0.1) is 11.3 Å². The van der Waals surface area contributed by atoms with E-state index in [0.29, 0.717) is 33.2 Å². The minimum atomic E-state index is -0.576. The van der Waals surface area contributed by atoms with Crippen molar-refractivity contribution in [2.75, 3.05) is 12.8 Å². The number of amides is 1. The fourth-order valence-electron chi connectivity index (χ4n) is 2.18. The molecule has 10 heteroatoms. The minimum absolute atomic E-state index is 0.284. The number of hydrogen-bond donors (Lipinski definition) is 2. The number of hydrogen-bond acceptors (Lipinski definition) is 8. The number of fused-ring (bicyclic) bond motifs is 1. The van der Waals surface area contributed by atoms with E-state index in [1.54, 1.807) is 45.0 Å². The van der Waals surface area contributed by atoms with Crippen molar-refractivity contribution in [1.29, 1.82) is 0 Å². The molecule has 3 aromatic rings. The van der Waals surface area contributed by atoms with Crippen molar-refractivity contribution in [2.24, 2.45) is 5.73 Å². The molecule has 0 aliphatic rings. The monoisotopic (exact) mass is 365 g/mol. The molecule has 24 heavy (non-hydrogen) atoms. The second-order valence-electron chi connectivity index (χ2n) is 4.62. The lowest BCUT2D eigenvalue weighted by atomic mass is 10.1. The fourth-order valence-corrected chi connectivity index (χ4v) is 3.17. The van der Waals surface area contributed by atoms with Crippen molar-refractivity contribution in [3.05, 3.63) is 29.2 Å². The van der Waals surface area contributed by atoms with Crippen LogP contribution in [-0.4, -0.2) is 32.2 Å². The first-order chi connectivity index (χ1) is 11.5. The molecule has 0 fully saturated rings. The zero-order chi connectivity index (χ0) is 17.9. The minimum Gasteiger partial charge on any atom is -0.495 e. The van der Waals surface area contributed by atoms with Crippen molar-refractivity contribution in [3.63, 3.8) is 0 Å². The average Bonchev–Trinajstić information content (AvgIpc) is 2.93. The van der Waals surface area contributed by atoms with Crippen LogP contribution in [0.15, 0.2) is 18.5 Å². The molecule has 0 atom stereocenters. The standard InChI is InChI=1S/C14H13N5O2S.H2OS/c1-6-18-11(7-3-8(21-2)5-17-4-7)9-10(15)12(13(16)20)22-14(9)19-6;1-2/h3-5H,15H2,1-2H3,(H2,16,20);2H2. The molecule has 126 valence electrons. The first-order valence-corrected chi connectivity index (χ1v) is 7.80. The van der Waals surface area contributed by atoms with E-state index in [2.05, 4.69) is 15.0 Å². The van der Waals surface area contributed by atoms with Crippen LogP contribution in [0.2, 0.25) is 0 Å². The predicted molar refractivity (Wildman–Crippen MR) is 95.8 cm³/mol. The number of carbonyl (C=O) groups is 1. The molecule has 0 aliphatic heterocycles. The summed E-state index contributed by atoms with van der Waals surface area (Å²) in [6, 6.07) is 1.80. The summed E-state index contributed by atoms with van der Waals surface area (Å²) in [4.78, 5) is 25.3. The summed E-state index contributed by atoms with van der Waals surface area (Å²) >= 11 is 2.88. The molecule has 0 saturated heterocycles. The van der Waals surface area contributed by atoms with Crippen molar-refractivity contribution < 1.29 is 13.7 Å². The number of carbonyl (C=O) groups excluding carboxylic acids is 1. The average molecular weight is 365 g/mol. The van der Waals surface area contributed by atoms with Gasteiger partial charge in [0.25, 0.3) is 5.91 Å². The van der Waals surface area contributed by atoms with Gasteiger partial charge in [-0.3, -0.25) is 14.0 Å². The highest BCUT2D eigenvalue weighted by molar-refractivity contribution is 7.44. The number of thiophene rings is 1. The van der Waals surface area contributed by atoms with Crippen LogP contribution in [-0.2, 0) is 12.5 Å². The van der Waals surface area contributed by atoms with Crippen LogP contribution in [0.3, 0.4) is 0 Å². The Kier molecular flexibility index (Phi) is 5.42. The van der Waals surface area contributed by atoms with Gasteiger partial charge in [0.2, 0.25) is 0 Å². The Bertz CT molecular complexity index is 913. The predicted octanol–water partition coefficient (Wildman–Crippen LogP) is 0.880. The Hall–Kier alpha value is -2.59. The molecule has 1 amide bonds. The Morgan fingerprint density at radius 1 is 1.29 bits per heavy atom. The number of nitrogen functional groups attached to an aromatic ring is 1. The summed E-state index contributed by atoms with van der Waals surface area (Å²) in [6.45, 7) is 1.77. The number of primary amides is 1. The van der Waals surface area contributed by atoms with E-state index >= 15 is 0 Å². The van der Waals surface area contributed by atoms with Crippen molar-refractivity contribution in [3.8, 4) is 17.0 Å². The van der Waals surface area contributed by atoms with E-state index in [4.69, 9.17) is 20.4 Å². The largest absolute Gasteiger partial charge is 0.495 e. The van der Waals surface area contributed by atoms with E-state index in [1.165, 1.54) is 0 Å². The molecule has 3 rings (SSSR count). The third kappa shape index (κ3) is 3.19. The number of aromatic nitrogens is 3. The molecule has 0 aromatic carbocycles. The van der Waals surface area contributed by atoms with Gasteiger partial charge < -0.3 is 16.2 Å². The van der Waals surface area contributed by atoms with Crippen LogP contribution in [0.1, 0.15) is 15.5 Å². The molecular weight excluding hydrogens is 350 g/mol. The molecule has 0 saturated carbocycles. The number of aryl methyl sites for hydroxylation is 1. The van der Waals surface area contributed by atoms with E-state index in [-0.39, 0.29) is 4.88 Å². The van der Waals surface area contributed by atoms with Gasteiger partial charge in [-0.2, -0.15) is 0 Å². The Labute approximate surface area is 146 Å². The zero-order valence-electron chi connectivity index (χ0n) is 12.9. The highest BCUT2D eigenvalue weighted by atomic mass is 32.1. The third-order valence-electron chi connectivity index (χ3n) is 3.15. The number of nitrogens with two attached hydrogens (primary N) is 2. The topological polar surface area (TPSA) is 134 Å². The second-order valence-corrected chi connectivity index (χ2v) is 5.62. The summed E-state index contributed by atoms with van der Waals surface area (Å²) in [7, 11) is 1.56. The lowest BCUT2D eigenvalue weighted by Crippen LogP contribution is -2.10. The maximum Gasteiger partial charge on any atom is 0.260 e. The first-order valence-electron chi connectivity index (χ1n) is 6.57. The summed E-state index contributed by atoms with van der Waals surface area (Å²) in [6.07, 6.45) is 3.26. The number of methoxy groups -OCH3 is 1. The van der Waals surface area contributed by atoms with Crippen LogP contribution in [0.4, 0.5) is 5.69 Å².